The van der Waals surface area contributed by atoms with Gasteiger partial charge in [-0.3, -0.25) is 0 Å². The minimum absolute atomic E-state index is 0.230. The molecule has 0 amide bonds. The Kier molecular flexibility index (Phi) is 6.16. The zero-order valence-electron chi connectivity index (χ0n) is 12.0. The van der Waals surface area contributed by atoms with Crippen LogP contribution in [0.15, 0.2) is 24.3 Å². The lowest BCUT2D eigenvalue weighted by atomic mass is 10.1. The Labute approximate surface area is 111 Å². The molecule has 0 aliphatic carbocycles. The number of nitrogens with zero attached hydrogens (tertiary/aromatic N) is 1. The van der Waals surface area contributed by atoms with Gasteiger partial charge in [0.2, 0.25) is 0 Å². The first-order valence-electron chi connectivity index (χ1n) is 6.67. The lowest BCUT2D eigenvalue weighted by molar-refractivity contribution is 0.242. The van der Waals surface area contributed by atoms with Gasteiger partial charge in [-0.15, -0.1) is 0 Å². The molecule has 0 aliphatic heterocycles. The van der Waals surface area contributed by atoms with Crippen LogP contribution in [0.1, 0.15) is 26.3 Å². The minimum atomic E-state index is 0.230. The van der Waals surface area contributed by atoms with Crippen molar-refractivity contribution in [2.24, 2.45) is 5.73 Å². The van der Waals surface area contributed by atoms with E-state index in [0.717, 1.165) is 25.3 Å². The Morgan fingerprint density at radius 3 is 2.28 bits per heavy atom. The number of nitrogens with two attached hydrogens (primary N) is 1. The summed E-state index contributed by atoms with van der Waals surface area (Å²) in [6, 6.07) is 8.59. The lowest BCUT2D eigenvalue weighted by Gasteiger charge is -2.18. The van der Waals surface area contributed by atoms with Crippen LogP contribution in [0.3, 0.4) is 0 Å². The Morgan fingerprint density at radius 1 is 1.17 bits per heavy atom. The van der Waals surface area contributed by atoms with Gasteiger partial charge in [-0.05, 0) is 51.9 Å². The van der Waals surface area contributed by atoms with E-state index in [4.69, 9.17) is 10.5 Å². The fraction of sp³-hybridized carbons (Fsp3) is 0.600. The molecule has 18 heavy (non-hydrogen) atoms. The molecule has 3 heteroatoms. The third kappa shape index (κ3) is 6.03. The van der Waals surface area contributed by atoms with E-state index in [0.29, 0.717) is 0 Å². The molecule has 1 atom stereocenters. The predicted molar refractivity (Wildman–Crippen MR) is 77.1 cm³/mol. The minimum Gasteiger partial charge on any atom is -0.491 e. The Hall–Kier alpha value is -1.06. The quantitative estimate of drug-likeness (QED) is 0.807. The number of ether oxygens (including phenoxy) is 1. The summed E-state index contributed by atoms with van der Waals surface area (Å²) in [7, 11) is 2.11. The van der Waals surface area contributed by atoms with E-state index in [1.165, 1.54) is 5.56 Å². The lowest BCUT2D eigenvalue weighted by Crippen LogP contribution is -2.34. The van der Waals surface area contributed by atoms with E-state index >= 15 is 0 Å². The van der Waals surface area contributed by atoms with Gasteiger partial charge in [0.05, 0.1) is 6.10 Å². The summed E-state index contributed by atoms with van der Waals surface area (Å²) >= 11 is 0. The highest BCUT2D eigenvalue weighted by atomic mass is 16.5. The van der Waals surface area contributed by atoms with Crippen molar-refractivity contribution in [3.05, 3.63) is 29.8 Å². The molecule has 1 aromatic rings. The molecule has 102 valence electrons. The van der Waals surface area contributed by atoms with E-state index in [9.17, 15) is 0 Å². The van der Waals surface area contributed by atoms with Crippen molar-refractivity contribution in [3.8, 4) is 5.75 Å². The summed E-state index contributed by atoms with van der Waals surface area (Å²) in [6.45, 7) is 8.09. The van der Waals surface area contributed by atoms with Crippen LogP contribution in [-0.4, -0.2) is 37.2 Å². The number of hydrogen-bond acceptors (Lipinski definition) is 3. The van der Waals surface area contributed by atoms with Gasteiger partial charge < -0.3 is 15.4 Å². The molecule has 2 N–H and O–H groups in total. The van der Waals surface area contributed by atoms with Crippen LogP contribution in [0.4, 0.5) is 0 Å². The van der Waals surface area contributed by atoms with Crippen LogP contribution in [0, 0.1) is 0 Å². The van der Waals surface area contributed by atoms with Gasteiger partial charge in [0.15, 0.2) is 0 Å². The van der Waals surface area contributed by atoms with Gasteiger partial charge in [0, 0.05) is 19.1 Å². The average molecular weight is 250 g/mol. The maximum absolute atomic E-state index is 5.77. The molecular weight excluding hydrogens is 224 g/mol. The molecule has 0 aliphatic rings. The van der Waals surface area contributed by atoms with Crippen molar-refractivity contribution >= 4 is 0 Å². The standard InChI is InChI=1S/C15H26N2O/c1-12(2)18-15-7-5-14(6-8-15)9-10-17(4)11-13(3)16/h5-8,12-13H,9-11,16H2,1-4H3. The Morgan fingerprint density at radius 2 is 1.78 bits per heavy atom. The SMILES string of the molecule is CC(N)CN(C)CCc1ccc(OC(C)C)cc1. The van der Waals surface area contributed by atoms with Crippen LogP contribution in [0.25, 0.3) is 0 Å². The fourth-order valence-corrected chi connectivity index (χ4v) is 1.91. The maximum atomic E-state index is 5.77. The molecule has 3 nitrogen and oxygen atoms in total. The summed E-state index contributed by atoms with van der Waals surface area (Å²) in [5.41, 5.74) is 7.11. The van der Waals surface area contributed by atoms with Crippen LogP contribution >= 0.6 is 0 Å². The molecule has 0 fully saturated rings. The molecule has 1 rings (SSSR count). The van der Waals surface area contributed by atoms with Crippen molar-refractivity contribution in [3.63, 3.8) is 0 Å². The second-order valence-corrected chi connectivity index (χ2v) is 5.30. The van der Waals surface area contributed by atoms with Gasteiger partial charge in [-0.2, -0.15) is 0 Å². The molecule has 0 saturated heterocycles. The smallest absolute Gasteiger partial charge is 0.119 e. The molecule has 0 bridgehead atoms. The number of benzene rings is 1. The highest BCUT2D eigenvalue weighted by Gasteiger charge is 2.03. The van der Waals surface area contributed by atoms with Crippen molar-refractivity contribution in [1.82, 2.24) is 4.90 Å². The first-order chi connectivity index (χ1) is 8.47. The van der Waals surface area contributed by atoms with Crippen LogP contribution in [-0.2, 0) is 6.42 Å². The highest BCUT2D eigenvalue weighted by Crippen LogP contribution is 2.14. The van der Waals surface area contributed by atoms with E-state index in [1.54, 1.807) is 0 Å². The first kappa shape index (κ1) is 15.0. The van der Waals surface area contributed by atoms with Crippen molar-refractivity contribution in [2.75, 3.05) is 20.1 Å². The Balaban J connectivity index is 2.39. The molecule has 1 aromatic carbocycles. The molecule has 0 saturated carbocycles. The van der Waals surface area contributed by atoms with Gasteiger partial charge in [0.1, 0.15) is 5.75 Å². The van der Waals surface area contributed by atoms with Crippen LogP contribution < -0.4 is 10.5 Å². The van der Waals surface area contributed by atoms with Gasteiger partial charge in [0.25, 0.3) is 0 Å². The van der Waals surface area contributed by atoms with Crippen molar-refractivity contribution in [1.29, 1.82) is 0 Å². The number of likely N-dealkylation sites (N-methyl/N-ethyl adjacent to an activating group) is 1. The maximum Gasteiger partial charge on any atom is 0.119 e. The second-order valence-electron chi connectivity index (χ2n) is 5.30. The Bertz CT molecular complexity index is 333. The van der Waals surface area contributed by atoms with Crippen molar-refractivity contribution < 1.29 is 4.74 Å². The van der Waals surface area contributed by atoms with Crippen LogP contribution in [0.2, 0.25) is 0 Å². The molecule has 0 spiro atoms. The summed E-state index contributed by atoms with van der Waals surface area (Å²) in [6.07, 6.45) is 1.28. The second kappa shape index (κ2) is 7.39. The molecule has 0 heterocycles. The molecule has 0 aromatic heterocycles. The molecule has 1 unspecified atom stereocenters. The van der Waals surface area contributed by atoms with Gasteiger partial charge in [-0.25, -0.2) is 0 Å². The van der Waals surface area contributed by atoms with Crippen molar-refractivity contribution in [2.45, 2.75) is 39.3 Å². The first-order valence-corrected chi connectivity index (χ1v) is 6.67. The number of hydrogen-bond donors (Lipinski definition) is 1. The van der Waals surface area contributed by atoms with E-state index < -0.39 is 0 Å². The molecule has 0 radical (unpaired) electrons. The zero-order valence-corrected chi connectivity index (χ0v) is 12.0. The average Bonchev–Trinajstić information content (AvgIpc) is 2.26. The normalized spacial score (nSPS) is 13.1. The summed E-state index contributed by atoms with van der Waals surface area (Å²) < 4.78 is 5.62. The van der Waals surface area contributed by atoms with Gasteiger partial charge in [-0.1, -0.05) is 12.1 Å². The van der Waals surface area contributed by atoms with E-state index in [-0.39, 0.29) is 12.1 Å². The van der Waals surface area contributed by atoms with E-state index in [1.807, 2.05) is 32.9 Å². The predicted octanol–water partition coefficient (Wildman–Crippen LogP) is 2.30. The third-order valence-electron chi connectivity index (χ3n) is 2.68. The molecular formula is C15H26N2O. The largest absolute Gasteiger partial charge is 0.491 e. The monoisotopic (exact) mass is 250 g/mol. The van der Waals surface area contributed by atoms with E-state index in [2.05, 4.69) is 24.1 Å². The highest BCUT2D eigenvalue weighted by molar-refractivity contribution is 5.27. The fourth-order valence-electron chi connectivity index (χ4n) is 1.91. The van der Waals surface area contributed by atoms with Crippen LogP contribution in [0.5, 0.6) is 5.75 Å². The number of rotatable bonds is 7. The topological polar surface area (TPSA) is 38.5 Å². The summed E-state index contributed by atoms with van der Waals surface area (Å²) in [4.78, 5) is 2.27. The summed E-state index contributed by atoms with van der Waals surface area (Å²) in [5, 5.41) is 0. The third-order valence-corrected chi connectivity index (χ3v) is 2.68. The summed E-state index contributed by atoms with van der Waals surface area (Å²) in [5.74, 6) is 0.942. The van der Waals surface area contributed by atoms with Gasteiger partial charge >= 0.3 is 0 Å². The zero-order chi connectivity index (χ0) is 13.5.